The molecule has 0 aromatic carbocycles. The van der Waals surface area contributed by atoms with Gasteiger partial charge >= 0.3 is 5.76 Å². The van der Waals surface area contributed by atoms with E-state index in [1.165, 1.54) is 4.57 Å². The third-order valence-electron chi connectivity index (χ3n) is 3.52. The number of nitrogens with zero attached hydrogens (tertiary/aromatic N) is 4. The highest BCUT2D eigenvalue weighted by Gasteiger charge is 2.32. The van der Waals surface area contributed by atoms with Gasteiger partial charge in [0.15, 0.2) is 0 Å². The molecule has 2 aromatic heterocycles. The molecular formula is C14H16N4O3. The zero-order valence-electron chi connectivity index (χ0n) is 11.7. The average molecular weight is 288 g/mol. The van der Waals surface area contributed by atoms with E-state index in [0.29, 0.717) is 18.3 Å². The van der Waals surface area contributed by atoms with Crippen molar-refractivity contribution in [1.29, 1.82) is 0 Å². The molecule has 110 valence electrons. The summed E-state index contributed by atoms with van der Waals surface area (Å²) in [5.41, 5.74) is 0.505. The molecule has 0 spiro atoms. The number of hydrogen-bond acceptors (Lipinski definition) is 5. The normalized spacial score (nSPS) is 14.1. The lowest BCUT2D eigenvalue weighted by Gasteiger charge is -2.20. The predicted octanol–water partition coefficient (Wildman–Crippen LogP) is 0.909. The molecule has 1 aliphatic rings. The zero-order valence-corrected chi connectivity index (χ0v) is 11.7. The quantitative estimate of drug-likeness (QED) is 0.816. The van der Waals surface area contributed by atoms with E-state index in [2.05, 4.69) is 14.7 Å². The fraction of sp³-hybridized carbons (Fsp3) is 0.429. The van der Waals surface area contributed by atoms with Crippen LogP contribution in [0.25, 0.3) is 11.5 Å². The summed E-state index contributed by atoms with van der Waals surface area (Å²) in [5.74, 6) is -0.459. The van der Waals surface area contributed by atoms with Crippen LogP contribution in [0.15, 0.2) is 33.7 Å². The van der Waals surface area contributed by atoms with Gasteiger partial charge < -0.3 is 4.90 Å². The molecule has 7 heteroatoms. The predicted molar refractivity (Wildman–Crippen MR) is 74.4 cm³/mol. The van der Waals surface area contributed by atoms with Gasteiger partial charge in [0, 0.05) is 18.8 Å². The number of aromatic nitrogens is 3. The van der Waals surface area contributed by atoms with Crippen molar-refractivity contribution in [2.24, 2.45) is 0 Å². The number of carbonyl (C=O) groups is 1. The maximum absolute atomic E-state index is 12.3. The van der Waals surface area contributed by atoms with Crippen molar-refractivity contribution in [3.05, 3.63) is 34.9 Å². The van der Waals surface area contributed by atoms with Gasteiger partial charge in [-0.1, -0.05) is 11.2 Å². The highest BCUT2D eigenvalue weighted by molar-refractivity contribution is 5.77. The van der Waals surface area contributed by atoms with Crippen LogP contribution in [-0.4, -0.2) is 38.1 Å². The summed E-state index contributed by atoms with van der Waals surface area (Å²) in [5, 5.41) is 3.73. The van der Waals surface area contributed by atoms with Gasteiger partial charge in [0.2, 0.25) is 11.7 Å². The van der Waals surface area contributed by atoms with Crippen LogP contribution in [0.1, 0.15) is 19.8 Å². The van der Waals surface area contributed by atoms with Gasteiger partial charge in [-0.2, -0.15) is 0 Å². The Morgan fingerprint density at radius 2 is 2.29 bits per heavy atom. The summed E-state index contributed by atoms with van der Waals surface area (Å²) in [6.07, 6.45) is 3.67. The number of pyridine rings is 1. The SMILES string of the molecule is CCN(C(=O)Cn1c(-c2ccccn2)noc1=O)C1CC1. The van der Waals surface area contributed by atoms with Crippen LogP contribution < -0.4 is 5.76 Å². The maximum Gasteiger partial charge on any atom is 0.442 e. The minimum Gasteiger partial charge on any atom is -0.338 e. The molecule has 0 saturated heterocycles. The minimum atomic E-state index is -0.643. The van der Waals surface area contributed by atoms with Crippen LogP contribution in [0.4, 0.5) is 0 Å². The second kappa shape index (κ2) is 5.51. The largest absolute Gasteiger partial charge is 0.442 e. The van der Waals surface area contributed by atoms with Gasteiger partial charge in [0.25, 0.3) is 0 Å². The lowest BCUT2D eigenvalue weighted by atomic mass is 10.3. The molecule has 1 amide bonds. The third-order valence-corrected chi connectivity index (χ3v) is 3.52. The van der Waals surface area contributed by atoms with Crippen molar-refractivity contribution in [3.63, 3.8) is 0 Å². The van der Waals surface area contributed by atoms with E-state index in [1.807, 2.05) is 6.92 Å². The Morgan fingerprint density at radius 3 is 2.90 bits per heavy atom. The molecule has 21 heavy (non-hydrogen) atoms. The second-order valence-electron chi connectivity index (χ2n) is 4.98. The first-order valence-corrected chi connectivity index (χ1v) is 6.98. The first-order chi connectivity index (χ1) is 10.2. The Morgan fingerprint density at radius 1 is 1.48 bits per heavy atom. The lowest BCUT2D eigenvalue weighted by Crippen LogP contribution is -2.37. The molecule has 1 fully saturated rings. The Kier molecular flexibility index (Phi) is 3.55. The van der Waals surface area contributed by atoms with E-state index in [0.717, 1.165) is 12.8 Å². The summed E-state index contributed by atoms with van der Waals surface area (Å²) in [6, 6.07) is 5.59. The van der Waals surface area contributed by atoms with Crippen molar-refractivity contribution in [3.8, 4) is 11.5 Å². The Bertz CT molecular complexity index is 688. The van der Waals surface area contributed by atoms with Crippen LogP contribution in [0.2, 0.25) is 0 Å². The van der Waals surface area contributed by atoms with Gasteiger partial charge in [-0.3, -0.25) is 14.3 Å². The molecule has 0 radical (unpaired) electrons. The summed E-state index contributed by atoms with van der Waals surface area (Å²) in [4.78, 5) is 30.0. The Labute approximate surface area is 121 Å². The molecule has 7 nitrogen and oxygen atoms in total. The van der Waals surface area contributed by atoms with Crippen LogP contribution in [-0.2, 0) is 11.3 Å². The molecule has 0 N–H and O–H groups in total. The van der Waals surface area contributed by atoms with E-state index in [4.69, 9.17) is 0 Å². The first kappa shape index (κ1) is 13.5. The molecule has 1 saturated carbocycles. The van der Waals surface area contributed by atoms with Crippen molar-refractivity contribution < 1.29 is 9.32 Å². The van der Waals surface area contributed by atoms with E-state index in [1.54, 1.807) is 29.3 Å². The summed E-state index contributed by atoms with van der Waals surface area (Å²) < 4.78 is 5.92. The molecule has 2 aromatic rings. The maximum atomic E-state index is 12.3. The van der Waals surface area contributed by atoms with E-state index < -0.39 is 5.76 Å². The second-order valence-corrected chi connectivity index (χ2v) is 4.98. The molecule has 1 aliphatic carbocycles. The smallest absolute Gasteiger partial charge is 0.338 e. The van der Waals surface area contributed by atoms with E-state index in [9.17, 15) is 9.59 Å². The van der Waals surface area contributed by atoms with Gasteiger partial charge in [-0.25, -0.2) is 9.36 Å². The molecule has 2 heterocycles. The van der Waals surface area contributed by atoms with Crippen molar-refractivity contribution in [2.75, 3.05) is 6.54 Å². The Hall–Kier alpha value is -2.44. The van der Waals surface area contributed by atoms with Gasteiger partial charge in [0.1, 0.15) is 12.2 Å². The molecule has 0 bridgehead atoms. The molecule has 3 rings (SSSR count). The van der Waals surface area contributed by atoms with Gasteiger partial charge in [-0.15, -0.1) is 0 Å². The van der Waals surface area contributed by atoms with Gasteiger partial charge in [0.05, 0.1) is 0 Å². The molecule has 0 unspecified atom stereocenters. The average Bonchev–Trinajstić information content (AvgIpc) is 3.26. The first-order valence-electron chi connectivity index (χ1n) is 6.98. The van der Waals surface area contributed by atoms with Crippen molar-refractivity contribution in [2.45, 2.75) is 32.4 Å². The van der Waals surface area contributed by atoms with Crippen LogP contribution in [0.5, 0.6) is 0 Å². The van der Waals surface area contributed by atoms with E-state index >= 15 is 0 Å². The molecular weight excluding hydrogens is 272 g/mol. The third kappa shape index (κ3) is 2.72. The number of likely N-dealkylation sites (N-methyl/N-ethyl adjacent to an activating group) is 1. The molecule has 0 atom stereocenters. The number of hydrogen-bond donors (Lipinski definition) is 0. The summed E-state index contributed by atoms with van der Waals surface area (Å²) in [6.45, 7) is 2.51. The minimum absolute atomic E-state index is 0.0709. The number of carbonyl (C=O) groups excluding carboxylic acids is 1. The Balaban J connectivity index is 1.87. The van der Waals surface area contributed by atoms with Crippen LogP contribution in [0, 0.1) is 0 Å². The highest BCUT2D eigenvalue weighted by Crippen LogP contribution is 2.26. The van der Waals surface area contributed by atoms with Crippen molar-refractivity contribution >= 4 is 5.91 Å². The van der Waals surface area contributed by atoms with Crippen molar-refractivity contribution in [1.82, 2.24) is 19.6 Å². The fourth-order valence-electron chi connectivity index (χ4n) is 2.34. The van der Waals surface area contributed by atoms with Crippen LogP contribution >= 0.6 is 0 Å². The van der Waals surface area contributed by atoms with E-state index in [-0.39, 0.29) is 18.3 Å². The van der Waals surface area contributed by atoms with Gasteiger partial charge in [-0.05, 0) is 31.9 Å². The lowest BCUT2D eigenvalue weighted by molar-refractivity contribution is -0.132. The highest BCUT2D eigenvalue weighted by atomic mass is 16.5. The van der Waals surface area contributed by atoms with Crippen LogP contribution in [0.3, 0.4) is 0 Å². The summed E-state index contributed by atoms with van der Waals surface area (Å²) in [7, 11) is 0. The zero-order chi connectivity index (χ0) is 14.8. The summed E-state index contributed by atoms with van der Waals surface area (Å²) >= 11 is 0. The monoisotopic (exact) mass is 288 g/mol. The molecule has 0 aliphatic heterocycles. The topological polar surface area (TPSA) is 81.2 Å². The fourth-order valence-corrected chi connectivity index (χ4v) is 2.34. The number of rotatable bonds is 5. The number of amides is 1. The standard InChI is InChI=1S/C14H16N4O3/c1-2-17(10-6-7-10)12(19)9-18-13(16-21-14(18)20)11-5-3-4-8-15-11/h3-5,8,10H,2,6-7,9H2,1H3.